The maximum absolute atomic E-state index is 12.8. The van der Waals surface area contributed by atoms with E-state index in [1.807, 2.05) is 13.8 Å². The number of nitrogens with one attached hydrogen (secondary N) is 1. The Morgan fingerprint density at radius 3 is 2.21 bits per heavy atom. The van der Waals surface area contributed by atoms with Gasteiger partial charge in [-0.25, -0.2) is 0 Å². The van der Waals surface area contributed by atoms with E-state index in [4.69, 9.17) is 0 Å². The molecule has 0 aromatic heterocycles. The van der Waals surface area contributed by atoms with Gasteiger partial charge in [0, 0.05) is 5.41 Å². The number of aliphatic hydroxyl groups is 1. The summed E-state index contributed by atoms with van der Waals surface area (Å²) in [4.78, 5) is 12.8. The van der Waals surface area contributed by atoms with Gasteiger partial charge >= 0.3 is 0 Å². The van der Waals surface area contributed by atoms with E-state index in [-0.39, 0.29) is 17.9 Å². The average molecular weight is 265 g/mol. The minimum atomic E-state index is -0.491. The number of amides is 1. The van der Waals surface area contributed by atoms with E-state index in [0.717, 1.165) is 37.0 Å². The van der Waals surface area contributed by atoms with Crippen molar-refractivity contribution in [1.82, 2.24) is 5.32 Å². The molecule has 2 atom stereocenters. The van der Waals surface area contributed by atoms with Crippen LogP contribution in [0.4, 0.5) is 0 Å². The summed E-state index contributed by atoms with van der Waals surface area (Å²) >= 11 is 0. The van der Waals surface area contributed by atoms with Crippen molar-refractivity contribution in [1.29, 1.82) is 0 Å². The first-order chi connectivity index (χ1) is 8.92. The molecule has 0 aromatic rings. The van der Waals surface area contributed by atoms with Gasteiger partial charge in [-0.3, -0.25) is 4.79 Å². The van der Waals surface area contributed by atoms with E-state index >= 15 is 0 Å². The van der Waals surface area contributed by atoms with Crippen molar-refractivity contribution >= 4 is 5.91 Å². The van der Waals surface area contributed by atoms with Gasteiger partial charge in [0.05, 0.1) is 12.1 Å². The van der Waals surface area contributed by atoms with Crippen LogP contribution in [0.2, 0.25) is 0 Å². The molecule has 4 saturated carbocycles. The van der Waals surface area contributed by atoms with Crippen molar-refractivity contribution in [3.05, 3.63) is 0 Å². The maximum atomic E-state index is 12.8. The summed E-state index contributed by atoms with van der Waals surface area (Å²) in [5, 5.41) is 12.5. The Balaban J connectivity index is 1.81. The second-order valence-electron chi connectivity index (χ2n) is 8.04. The lowest BCUT2D eigenvalue weighted by Gasteiger charge is -2.48. The van der Waals surface area contributed by atoms with Crippen LogP contribution in [0.15, 0.2) is 0 Å². The van der Waals surface area contributed by atoms with Crippen LogP contribution in [0.25, 0.3) is 0 Å². The summed E-state index contributed by atoms with van der Waals surface area (Å²) in [6, 6.07) is 0. The molecule has 4 rings (SSSR count). The molecule has 4 aliphatic rings. The minimum absolute atomic E-state index is 0.00507. The molecule has 0 heterocycles. The van der Waals surface area contributed by atoms with Crippen LogP contribution in [0, 0.1) is 23.2 Å². The van der Waals surface area contributed by atoms with Gasteiger partial charge in [-0.1, -0.05) is 12.8 Å². The van der Waals surface area contributed by atoms with Crippen molar-refractivity contribution in [3.8, 4) is 0 Å². The summed E-state index contributed by atoms with van der Waals surface area (Å²) < 4.78 is 0. The maximum Gasteiger partial charge on any atom is 0.226 e. The molecule has 2 unspecified atom stereocenters. The first-order valence-corrected chi connectivity index (χ1v) is 7.86. The first kappa shape index (κ1) is 13.4. The number of carbonyl (C=O) groups excluding carboxylic acids is 1. The van der Waals surface area contributed by atoms with E-state index in [0.29, 0.717) is 0 Å². The van der Waals surface area contributed by atoms with E-state index < -0.39 is 5.54 Å². The molecular formula is C16H27NO2. The van der Waals surface area contributed by atoms with Crippen molar-refractivity contribution in [2.45, 2.75) is 64.3 Å². The van der Waals surface area contributed by atoms with E-state index in [9.17, 15) is 9.90 Å². The fourth-order valence-corrected chi connectivity index (χ4v) is 4.95. The number of aliphatic hydroxyl groups excluding tert-OH is 1. The highest BCUT2D eigenvalue weighted by atomic mass is 16.3. The molecule has 2 N–H and O–H groups in total. The Bertz CT molecular complexity index is 361. The molecule has 108 valence electrons. The Labute approximate surface area is 116 Å². The molecule has 3 nitrogen and oxygen atoms in total. The van der Waals surface area contributed by atoms with Crippen LogP contribution in [0.3, 0.4) is 0 Å². The van der Waals surface area contributed by atoms with Gasteiger partial charge in [0.15, 0.2) is 0 Å². The van der Waals surface area contributed by atoms with Crippen LogP contribution in [0.5, 0.6) is 0 Å². The largest absolute Gasteiger partial charge is 0.394 e. The van der Waals surface area contributed by atoms with Gasteiger partial charge in [0.1, 0.15) is 0 Å². The topological polar surface area (TPSA) is 49.3 Å². The summed E-state index contributed by atoms with van der Waals surface area (Å²) in [5.41, 5.74) is -0.602. The van der Waals surface area contributed by atoms with Crippen molar-refractivity contribution < 1.29 is 9.90 Å². The third-order valence-corrected chi connectivity index (χ3v) is 5.68. The monoisotopic (exact) mass is 265 g/mol. The molecule has 3 heteroatoms. The summed E-state index contributed by atoms with van der Waals surface area (Å²) in [7, 11) is 0. The highest BCUT2D eigenvalue weighted by Gasteiger charge is 2.52. The molecule has 4 fully saturated rings. The van der Waals surface area contributed by atoms with Crippen LogP contribution in [-0.2, 0) is 4.79 Å². The molecule has 1 amide bonds. The second kappa shape index (κ2) is 4.47. The van der Waals surface area contributed by atoms with Crippen LogP contribution >= 0.6 is 0 Å². The predicted molar refractivity (Wildman–Crippen MR) is 74.5 cm³/mol. The van der Waals surface area contributed by atoms with E-state index in [1.54, 1.807) is 0 Å². The highest BCUT2D eigenvalue weighted by Crippen LogP contribution is 2.57. The summed E-state index contributed by atoms with van der Waals surface area (Å²) in [6.45, 7) is 3.81. The fraction of sp³-hybridized carbons (Fsp3) is 0.938. The molecule has 0 saturated heterocycles. The molecule has 0 aliphatic heterocycles. The Morgan fingerprint density at radius 1 is 1.16 bits per heavy atom. The third-order valence-electron chi connectivity index (χ3n) is 5.68. The zero-order chi connectivity index (χ0) is 13.7. The molecule has 4 bridgehead atoms. The van der Waals surface area contributed by atoms with Gasteiger partial charge in [-0.2, -0.15) is 0 Å². The minimum Gasteiger partial charge on any atom is -0.394 e. The zero-order valence-electron chi connectivity index (χ0n) is 12.2. The van der Waals surface area contributed by atoms with Crippen molar-refractivity contribution in [2.24, 2.45) is 23.2 Å². The normalized spacial score (nSPS) is 41.1. The number of carbonyl (C=O) groups is 1. The zero-order valence-corrected chi connectivity index (χ0v) is 12.2. The second-order valence-corrected chi connectivity index (χ2v) is 8.04. The van der Waals surface area contributed by atoms with E-state index in [2.05, 4.69) is 5.32 Å². The Kier molecular flexibility index (Phi) is 3.16. The standard InChI is InChI=1S/C16H27NO2/c1-15(2,10-18)17-14(19)16-7-11-3-4-12(8-16)6-13(5-11)9-16/h11-13,18H,3-10H2,1-2H3,(H,17,19). The Morgan fingerprint density at radius 2 is 1.68 bits per heavy atom. The summed E-state index contributed by atoms with van der Waals surface area (Å²) in [5.74, 6) is 2.54. The average Bonchev–Trinajstić information content (AvgIpc) is 2.55. The quantitative estimate of drug-likeness (QED) is 0.823. The van der Waals surface area contributed by atoms with Crippen LogP contribution < -0.4 is 5.32 Å². The highest BCUT2D eigenvalue weighted by molar-refractivity contribution is 5.83. The first-order valence-electron chi connectivity index (χ1n) is 7.86. The molecule has 19 heavy (non-hydrogen) atoms. The lowest BCUT2D eigenvalue weighted by Crippen LogP contribution is -2.55. The SMILES string of the molecule is CC(C)(CO)NC(=O)C12CC3CCC(CC(C3)C1)C2. The number of fused-ring (bicyclic) bond motifs is 1. The number of hydrogen-bond donors (Lipinski definition) is 2. The van der Waals surface area contributed by atoms with Crippen LogP contribution in [-0.4, -0.2) is 23.2 Å². The van der Waals surface area contributed by atoms with Gasteiger partial charge in [0.2, 0.25) is 5.91 Å². The molecule has 0 spiro atoms. The number of rotatable bonds is 3. The fourth-order valence-electron chi connectivity index (χ4n) is 4.95. The Hall–Kier alpha value is -0.570. The van der Waals surface area contributed by atoms with Gasteiger partial charge in [0.25, 0.3) is 0 Å². The lowest BCUT2D eigenvalue weighted by atomic mass is 9.58. The molecule has 0 radical (unpaired) electrons. The van der Waals surface area contributed by atoms with Crippen molar-refractivity contribution in [2.75, 3.05) is 6.61 Å². The lowest BCUT2D eigenvalue weighted by molar-refractivity contribution is -0.140. The molecule has 0 aromatic carbocycles. The van der Waals surface area contributed by atoms with Gasteiger partial charge < -0.3 is 10.4 Å². The van der Waals surface area contributed by atoms with Crippen molar-refractivity contribution in [3.63, 3.8) is 0 Å². The summed E-state index contributed by atoms with van der Waals surface area (Å²) in [6.07, 6.45) is 8.65. The van der Waals surface area contributed by atoms with Crippen LogP contribution in [0.1, 0.15) is 58.8 Å². The smallest absolute Gasteiger partial charge is 0.226 e. The number of hydrogen-bond acceptors (Lipinski definition) is 2. The molecule has 4 aliphatic carbocycles. The van der Waals surface area contributed by atoms with E-state index in [1.165, 1.54) is 25.7 Å². The predicted octanol–water partition coefficient (Wildman–Crippen LogP) is 2.48. The third kappa shape index (κ3) is 2.42. The van der Waals surface area contributed by atoms with Gasteiger partial charge in [-0.05, 0) is 63.7 Å². The molecular weight excluding hydrogens is 238 g/mol. The van der Waals surface area contributed by atoms with Gasteiger partial charge in [-0.15, -0.1) is 0 Å².